The number of rotatable bonds is 6. The Morgan fingerprint density at radius 2 is 1.77 bits per heavy atom. The molecule has 30 heavy (non-hydrogen) atoms. The van der Waals surface area contributed by atoms with Crippen molar-refractivity contribution in [2.45, 2.75) is 0 Å². The number of hydrogen-bond acceptors (Lipinski definition) is 6. The highest BCUT2D eigenvalue weighted by Gasteiger charge is 2.19. The van der Waals surface area contributed by atoms with Gasteiger partial charge in [-0.3, -0.25) is 4.90 Å². The molecule has 1 radical (unpaired) electrons. The Morgan fingerprint density at radius 1 is 0.967 bits per heavy atom. The number of furan rings is 1. The molecule has 0 spiro atoms. The Morgan fingerprint density at radius 3 is 2.57 bits per heavy atom. The monoisotopic (exact) mass is 400 g/mol. The molecule has 1 aliphatic heterocycles. The van der Waals surface area contributed by atoms with Gasteiger partial charge in [-0.2, -0.15) is 0 Å². The topological polar surface area (TPSA) is 60.6 Å². The van der Waals surface area contributed by atoms with Crippen molar-refractivity contribution in [3.05, 3.63) is 67.1 Å². The fraction of sp³-hybridized carbons (Fsp3) is 0.250. The molecule has 1 fully saturated rings. The second-order valence-corrected chi connectivity index (χ2v) is 7.16. The number of nitrogens with zero attached hydrogens (tertiary/aromatic N) is 3. The van der Waals surface area contributed by atoms with Gasteiger partial charge in [0.25, 0.3) is 0 Å². The van der Waals surface area contributed by atoms with E-state index in [0.717, 1.165) is 66.4 Å². The van der Waals surface area contributed by atoms with Crippen LogP contribution in [-0.2, 0) is 4.74 Å². The summed E-state index contributed by atoms with van der Waals surface area (Å²) < 4.78 is 17.4. The van der Waals surface area contributed by atoms with E-state index in [9.17, 15) is 0 Å². The van der Waals surface area contributed by atoms with Crippen molar-refractivity contribution >= 4 is 11.1 Å². The Hall–Kier alpha value is -3.22. The van der Waals surface area contributed by atoms with Gasteiger partial charge in [-0.05, 0) is 29.8 Å². The van der Waals surface area contributed by atoms with Crippen molar-refractivity contribution in [2.24, 2.45) is 0 Å². The van der Waals surface area contributed by atoms with E-state index in [0.29, 0.717) is 12.3 Å². The van der Waals surface area contributed by atoms with Crippen LogP contribution in [0.15, 0.2) is 65.3 Å². The number of aromatic nitrogens is 2. The van der Waals surface area contributed by atoms with Crippen molar-refractivity contribution in [2.75, 3.05) is 39.5 Å². The Bertz CT molecular complexity index is 1100. The predicted octanol–water partition coefficient (Wildman–Crippen LogP) is 4.07. The summed E-state index contributed by atoms with van der Waals surface area (Å²) in [5, 5.41) is 0.782. The summed E-state index contributed by atoms with van der Waals surface area (Å²) in [6.07, 6.45) is 4.49. The van der Waals surface area contributed by atoms with Gasteiger partial charge in [0.05, 0.1) is 18.6 Å². The predicted molar refractivity (Wildman–Crippen MR) is 114 cm³/mol. The molecule has 0 N–H and O–H groups in total. The molecule has 2 aromatic heterocycles. The van der Waals surface area contributed by atoms with Crippen LogP contribution < -0.4 is 4.74 Å². The van der Waals surface area contributed by atoms with Gasteiger partial charge in [-0.25, -0.2) is 9.97 Å². The molecule has 2 aromatic carbocycles. The summed E-state index contributed by atoms with van der Waals surface area (Å²) in [5.74, 6) is 1.60. The minimum Gasteiger partial charge on any atom is -0.492 e. The van der Waals surface area contributed by atoms with Crippen LogP contribution >= 0.6 is 0 Å². The summed E-state index contributed by atoms with van der Waals surface area (Å²) >= 11 is 0. The lowest BCUT2D eigenvalue weighted by molar-refractivity contribution is 0.0322. The molecule has 6 nitrogen and oxygen atoms in total. The third-order valence-corrected chi connectivity index (χ3v) is 5.26. The maximum Gasteiger partial charge on any atom is 0.231 e. The Kier molecular flexibility index (Phi) is 5.42. The molecule has 5 rings (SSSR count). The third kappa shape index (κ3) is 3.92. The van der Waals surface area contributed by atoms with E-state index in [1.165, 1.54) is 6.33 Å². The van der Waals surface area contributed by atoms with Gasteiger partial charge in [-0.15, -0.1) is 0 Å². The van der Waals surface area contributed by atoms with Gasteiger partial charge in [-0.1, -0.05) is 30.3 Å². The molecule has 1 saturated heterocycles. The maximum absolute atomic E-state index is 6.10. The SMILES string of the molecule is [c]1ncnc2oc(-c3ccc(OCCN4CCOCC4)cc3)c(-c3ccccc3)c12. The number of fused-ring (bicyclic) bond motifs is 1. The average molecular weight is 400 g/mol. The standard InChI is InChI=1S/C24H22N3O3/c1-2-4-18(5-3-1)22-21-16-25-17-26-24(21)30-23(22)19-6-8-20(9-7-19)29-15-12-27-10-13-28-14-11-27/h1-9,17H,10-15H2. The first-order valence-corrected chi connectivity index (χ1v) is 10.1. The van der Waals surface area contributed by atoms with Gasteiger partial charge in [0.1, 0.15) is 30.6 Å². The smallest absolute Gasteiger partial charge is 0.231 e. The van der Waals surface area contributed by atoms with Crippen molar-refractivity contribution in [3.8, 4) is 28.2 Å². The Labute approximate surface area is 175 Å². The quantitative estimate of drug-likeness (QED) is 0.486. The fourth-order valence-corrected chi connectivity index (χ4v) is 3.69. The molecular weight excluding hydrogens is 378 g/mol. The van der Waals surface area contributed by atoms with Crippen molar-refractivity contribution in [1.82, 2.24) is 14.9 Å². The largest absolute Gasteiger partial charge is 0.492 e. The van der Waals surface area contributed by atoms with Crippen LogP contribution in [0.3, 0.4) is 0 Å². The molecule has 0 aliphatic carbocycles. The summed E-state index contributed by atoms with van der Waals surface area (Å²) in [6, 6.07) is 18.1. The van der Waals surface area contributed by atoms with Crippen LogP contribution in [0, 0.1) is 6.20 Å². The number of hydrogen-bond donors (Lipinski definition) is 0. The number of morpholine rings is 1. The zero-order chi connectivity index (χ0) is 20.2. The van der Waals surface area contributed by atoms with Crippen LogP contribution in [0.4, 0.5) is 0 Å². The van der Waals surface area contributed by atoms with Crippen molar-refractivity contribution in [3.63, 3.8) is 0 Å². The average Bonchev–Trinajstić information content (AvgIpc) is 3.20. The number of ether oxygens (including phenoxy) is 2. The molecule has 1 aliphatic rings. The van der Waals surface area contributed by atoms with Crippen LogP contribution in [0.1, 0.15) is 0 Å². The molecule has 3 heterocycles. The molecule has 0 saturated carbocycles. The van der Waals surface area contributed by atoms with Crippen molar-refractivity contribution < 1.29 is 13.9 Å². The fourth-order valence-electron chi connectivity index (χ4n) is 3.69. The molecule has 0 amide bonds. The molecule has 0 unspecified atom stereocenters. The van der Waals surface area contributed by atoms with E-state index in [-0.39, 0.29) is 0 Å². The summed E-state index contributed by atoms with van der Waals surface area (Å²) in [5.41, 5.74) is 3.49. The zero-order valence-corrected chi connectivity index (χ0v) is 16.6. The van der Waals surface area contributed by atoms with E-state index in [2.05, 4.69) is 33.2 Å². The second kappa shape index (κ2) is 8.65. The van der Waals surface area contributed by atoms with Crippen molar-refractivity contribution in [1.29, 1.82) is 0 Å². The lowest BCUT2D eigenvalue weighted by atomic mass is 10.00. The van der Waals surface area contributed by atoms with E-state index in [4.69, 9.17) is 13.9 Å². The Balaban J connectivity index is 1.38. The van der Waals surface area contributed by atoms with Crippen LogP contribution in [-0.4, -0.2) is 54.3 Å². The van der Waals surface area contributed by atoms with Gasteiger partial charge in [0.2, 0.25) is 5.71 Å². The number of benzene rings is 2. The highest BCUT2D eigenvalue weighted by molar-refractivity contribution is 5.99. The maximum atomic E-state index is 6.10. The highest BCUT2D eigenvalue weighted by Crippen LogP contribution is 2.39. The first kappa shape index (κ1) is 18.8. The summed E-state index contributed by atoms with van der Waals surface area (Å²) in [6.45, 7) is 5.10. The molecule has 4 aromatic rings. The van der Waals surface area contributed by atoms with E-state index >= 15 is 0 Å². The van der Waals surface area contributed by atoms with Crippen LogP contribution in [0.25, 0.3) is 33.6 Å². The first-order valence-electron chi connectivity index (χ1n) is 10.1. The lowest BCUT2D eigenvalue weighted by Gasteiger charge is -2.26. The van der Waals surface area contributed by atoms with Gasteiger partial charge in [0, 0.05) is 30.8 Å². The third-order valence-electron chi connectivity index (χ3n) is 5.26. The first-order chi connectivity index (χ1) is 14.9. The molecule has 151 valence electrons. The summed E-state index contributed by atoms with van der Waals surface area (Å²) in [4.78, 5) is 10.7. The van der Waals surface area contributed by atoms with Gasteiger partial charge >= 0.3 is 0 Å². The second-order valence-electron chi connectivity index (χ2n) is 7.16. The molecule has 6 heteroatoms. The van der Waals surface area contributed by atoms with Gasteiger partial charge < -0.3 is 13.9 Å². The summed E-state index contributed by atoms with van der Waals surface area (Å²) in [7, 11) is 0. The van der Waals surface area contributed by atoms with E-state index in [1.807, 2.05) is 42.5 Å². The molecular formula is C24H22N3O3. The normalized spacial score (nSPS) is 14.8. The molecule has 0 bridgehead atoms. The molecule has 0 atom stereocenters. The lowest BCUT2D eigenvalue weighted by Crippen LogP contribution is -2.38. The minimum absolute atomic E-state index is 0.532. The van der Waals surface area contributed by atoms with E-state index < -0.39 is 0 Å². The van der Waals surface area contributed by atoms with Gasteiger partial charge in [0.15, 0.2) is 0 Å². The van der Waals surface area contributed by atoms with Crippen LogP contribution in [0.5, 0.6) is 5.75 Å². The minimum atomic E-state index is 0.532. The highest BCUT2D eigenvalue weighted by atomic mass is 16.5. The van der Waals surface area contributed by atoms with E-state index in [1.54, 1.807) is 0 Å². The zero-order valence-electron chi connectivity index (χ0n) is 16.6. The van der Waals surface area contributed by atoms with Crippen LogP contribution in [0.2, 0.25) is 0 Å².